The van der Waals surface area contributed by atoms with E-state index in [0.29, 0.717) is 24.2 Å². The maximum absolute atomic E-state index is 11.4. The molecule has 0 fully saturated rings. The summed E-state index contributed by atoms with van der Waals surface area (Å²) in [4.78, 5) is 21.7. The van der Waals surface area contributed by atoms with Gasteiger partial charge in [-0.1, -0.05) is 6.92 Å². The molecule has 5 nitrogen and oxygen atoms in total. The van der Waals surface area contributed by atoms with Gasteiger partial charge in [-0.15, -0.1) is 0 Å². The van der Waals surface area contributed by atoms with E-state index in [-0.39, 0.29) is 17.4 Å². The van der Waals surface area contributed by atoms with Crippen molar-refractivity contribution in [3.8, 4) is 5.75 Å². The first-order valence-corrected chi connectivity index (χ1v) is 5.81. The molecule has 0 saturated heterocycles. The molecule has 0 spiro atoms. The molecule has 0 radical (unpaired) electrons. The van der Waals surface area contributed by atoms with Crippen LogP contribution in [-0.2, 0) is 11.2 Å². The number of carbonyl (C=O) groups is 1. The molecular weight excluding hydrogens is 234 g/mol. The second-order valence-corrected chi connectivity index (χ2v) is 4.17. The molecule has 5 heteroatoms. The standard InChI is InChI=1S/C13H17NO4/c1-4-10(9(2)15)7-11-8-12(14(16)17)5-6-13(11)18-3/h5-6,8,10H,4,7H2,1-3H3. The fourth-order valence-electron chi connectivity index (χ4n) is 1.88. The Hall–Kier alpha value is -1.91. The number of ketones is 1. The van der Waals surface area contributed by atoms with Crippen LogP contribution in [0.2, 0.25) is 0 Å². The van der Waals surface area contributed by atoms with Crippen molar-refractivity contribution in [1.82, 2.24) is 0 Å². The van der Waals surface area contributed by atoms with Gasteiger partial charge in [0.2, 0.25) is 0 Å². The third-order valence-corrected chi connectivity index (χ3v) is 3.01. The van der Waals surface area contributed by atoms with Gasteiger partial charge < -0.3 is 4.74 Å². The maximum atomic E-state index is 11.4. The van der Waals surface area contributed by atoms with Crippen molar-refractivity contribution in [3.05, 3.63) is 33.9 Å². The molecule has 18 heavy (non-hydrogen) atoms. The van der Waals surface area contributed by atoms with Gasteiger partial charge in [0, 0.05) is 23.6 Å². The van der Waals surface area contributed by atoms with Crippen LogP contribution in [0.4, 0.5) is 5.69 Å². The number of nitro groups is 1. The van der Waals surface area contributed by atoms with Crippen LogP contribution in [0.15, 0.2) is 18.2 Å². The first kappa shape index (κ1) is 14.2. The van der Waals surface area contributed by atoms with Gasteiger partial charge in [-0.3, -0.25) is 14.9 Å². The summed E-state index contributed by atoms with van der Waals surface area (Å²) in [6.45, 7) is 3.47. The molecule has 0 aliphatic carbocycles. The second kappa shape index (κ2) is 6.14. The second-order valence-electron chi connectivity index (χ2n) is 4.17. The topological polar surface area (TPSA) is 69.4 Å². The first-order chi connectivity index (χ1) is 8.49. The zero-order valence-corrected chi connectivity index (χ0v) is 10.8. The quantitative estimate of drug-likeness (QED) is 0.575. The SMILES string of the molecule is CCC(Cc1cc([N+](=O)[O-])ccc1OC)C(C)=O. The van der Waals surface area contributed by atoms with Crippen molar-refractivity contribution in [2.24, 2.45) is 5.92 Å². The van der Waals surface area contributed by atoms with E-state index >= 15 is 0 Å². The molecule has 0 saturated carbocycles. The average molecular weight is 251 g/mol. The summed E-state index contributed by atoms with van der Waals surface area (Å²) in [5.74, 6) is 0.548. The number of benzene rings is 1. The Labute approximate surface area is 106 Å². The zero-order valence-electron chi connectivity index (χ0n) is 10.8. The van der Waals surface area contributed by atoms with Gasteiger partial charge in [-0.25, -0.2) is 0 Å². The predicted molar refractivity (Wildman–Crippen MR) is 67.8 cm³/mol. The molecule has 0 aliphatic heterocycles. The highest BCUT2D eigenvalue weighted by Gasteiger charge is 2.18. The zero-order chi connectivity index (χ0) is 13.7. The molecule has 1 aromatic rings. The van der Waals surface area contributed by atoms with E-state index in [1.165, 1.54) is 26.2 Å². The third kappa shape index (κ3) is 3.29. The van der Waals surface area contributed by atoms with Crippen LogP contribution in [-0.4, -0.2) is 17.8 Å². The van der Waals surface area contributed by atoms with Crippen molar-refractivity contribution < 1.29 is 14.5 Å². The minimum atomic E-state index is -0.447. The summed E-state index contributed by atoms with van der Waals surface area (Å²) in [5.41, 5.74) is 0.720. The number of non-ortho nitro benzene ring substituents is 1. The fourth-order valence-corrected chi connectivity index (χ4v) is 1.88. The van der Waals surface area contributed by atoms with Crippen molar-refractivity contribution in [1.29, 1.82) is 0 Å². The molecule has 98 valence electrons. The van der Waals surface area contributed by atoms with Gasteiger partial charge in [-0.2, -0.15) is 0 Å². The summed E-state index contributed by atoms with van der Waals surface area (Å²) in [6, 6.07) is 4.45. The number of methoxy groups -OCH3 is 1. The van der Waals surface area contributed by atoms with Crippen LogP contribution >= 0.6 is 0 Å². The number of hydrogen-bond donors (Lipinski definition) is 0. The predicted octanol–water partition coefficient (Wildman–Crippen LogP) is 2.76. The Bertz CT molecular complexity index is 456. The molecule has 0 amide bonds. The molecule has 0 heterocycles. The smallest absolute Gasteiger partial charge is 0.269 e. The Balaban J connectivity index is 3.07. The van der Waals surface area contributed by atoms with Gasteiger partial charge in [-0.05, 0) is 25.8 Å². The van der Waals surface area contributed by atoms with Crippen LogP contribution in [0.25, 0.3) is 0 Å². The van der Waals surface area contributed by atoms with Crippen LogP contribution < -0.4 is 4.74 Å². The van der Waals surface area contributed by atoms with Gasteiger partial charge in [0.15, 0.2) is 0 Å². The Morgan fingerprint density at radius 2 is 2.17 bits per heavy atom. The molecule has 1 rings (SSSR count). The number of Topliss-reactive ketones (excluding diaryl/α,β-unsaturated/α-hetero) is 1. The van der Waals surface area contributed by atoms with Crippen molar-refractivity contribution >= 4 is 11.5 Å². The summed E-state index contributed by atoms with van der Waals surface area (Å²) in [6.07, 6.45) is 1.18. The summed E-state index contributed by atoms with van der Waals surface area (Å²) in [5, 5.41) is 10.7. The third-order valence-electron chi connectivity index (χ3n) is 3.01. The monoisotopic (exact) mass is 251 g/mol. The molecule has 0 aromatic heterocycles. The number of nitro benzene ring substituents is 1. The lowest BCUT2D eigenvalue weighted by Gasteiger charge is -2.13. The molecule has 1 atom stereocenters. The lowest BCUT2D eigenvalue weighted by atomic mass is 9.93. The number of hydrogen-bond acceptors (Lipinski definition) is 4. The van der Waals surface area contributed by atoms with Crippen molar-refractivity contribution in [2.75, 3.05) is 7.11 Å². The van der Waals surface area contributed by atoms with E-state index in [9.17, 15) is 14.9 Å². The van der Waals surface area contributed by atoms with Gasteiger partial charge in [0.05, 0.1) is 12.0 Å². The number of nitrogens with zero attached hydrogens (tertiary/aromatic N) is 1. The van der Waals surface area contributed by atoms with Crippen LogP contribution in [0.5, 0.6) is 5.75 Å². The number of rotatable bonds is 6. The highest BCUT2D eigenvalue weighted by Crippen LogP contribution is 2.27. The van der Waals surface area contributed by atoms with E-state index in [4.69, 9.17) is 4.74 Å². The van der Waals surface area contributed by atoms with E-state index in [1.807, 2.05) is 6.92 Å². The van der Waals surface area contributed by atoms with Crippen LogP contribution in [0, 0.1) is 16.0 Å². The van der Waals surface area contributed by atoms with Crippen LogP contribution in [0.1, 0.15) is 25.8 Å². The van der Waals surface area contributed by atoms with Crippen molar-refractivity contribution in [2.45, 2.75) is 26.7 Å². The highest BCUT2D eigenvalue weighted by atomic mass is 16.6. The number of carbonyl (C=O) groups excluding carboxylic acids is 1. The molecule has 0 bridgehead atoms. The molecule has 0 N–H and O–H groups in total. The van der Waals surface area contributed by atoms with E-state index < -0.39 is 4.92 Å². The minimum absolute atomic E-state index is 0.0178. The van der Waals surface area contributed by atoms with Gasteiger partial charge >= 0.3 is 0 Å². The molecule has 0 aliphatic rings. The minimum Gasteiger partial charge on any atom is -0.496 e. The lowest BCUT2D eigenvalue weighted by molar-refractivity contribution is -0.384. The van der Waals surface area contributed by atoms with Gasteiger partial charge in [0.25, 0.3) is 5.69 Å². The molecular formula is C13H17NO4. The Morgan fingerprint density at radius 3 is 2.61 bits per heavy atom. The fraction of sp³-hybridized carbons (Fsp3) is 0.462. The van der Waals surface area contributed by atoms with E-state index in [0.717, 1.165) is 0 Å². The summed E-state index contributed by atoms with van der Waals surface area (Å²) >= 11 is 0. The molecule has 1 aromatic carbocycles. The highest BCUT2D eigenvalue weighted by molar-refractivity contribution is 5.78. The van der Waals surface area contributed by atoms with Crippen molar-refractivity contribution in [3.63, 3.8) is 0 Å². The largest absolute Gasteiger partial charge is 0.496 e. The summed E-state index contributed by atoms with van der Waals surface area (Å²) in [7, 11) is 1.51. The summed E-state index contributed by atoms with van der Waals surface area (Å²) < 4.78 is 5.17. The lowest BCUT2D eigenvalue weighted by Crippen LogP contribution is -2.13. The van der Waals surface area contributed by atoms with Gasteiger partial charge in [0.1, 0.15) is 11.5 Å². The Kier molecular flexibility index (Phi) is 4.83. The maximum Gasteiger partial charge on any atom is 0.269 e. The van der Waals surface area contributed by atoms with E-state index in [1.54, 1.807) is 6.07 Å². The molecule has 1 unspecified atom stereocenters. The Morgan fingerprint density at radius 1 is 1.50 bits per heavy atom. The first-order valence-electron chi connectivity index (χ1n) is 5.81. The van der Waals surface area contributed by atoms with E-state index in [2.05, 4.69) is 0 Å². The normalized spacial score (nSPS) is 11.9. The average Bonchev–Trinajstić information content (AvgIpc) is 2.35. The van der Waals surface area contributed by atoms with Crippen LogP contribution in [0.3, 0.4) is 0 Å². The number of ether oxygens (including phenoxy) is 1.